The van der Waals surface area contributed by atoms with Gasteiger partial charge in [0.15, 0.2) is 5.65 Å². The van der Waals surface area contributed by atoms with Crippen molar-refractivity contribution in [2.75, 3.05) is 32.1 Å². The summed E-state index contributed by atoms with van der Waals surface area (Å²) in [4.78, 5) is 4.48. The first kappa shape index (κ1) is 14.2. The standard InChI is InChI=1S/C12H18BrN5O/c1-19-8-2-7-15-10-3-4-11-16-9(5-6-14)12(13)18(11)17-10/h3-4H,2,5-8,14H2,1H3,(H,15,17). The van der Waals surface area contributed by atoms with Crippen molar-refractivity contribution in [1.82, 2.24) is 14.6 Å². The van der Waals surface area contributed by atoms with Crippen LogP contribution in [-0.2, 0) is 11.2 Å². The third-order valence-electron chi connectivity index (χ3n) is 2.70. The molecule has 0 saturated carbocycles. The van der Waals surface area contributed by atoms with Crippen LogP contribution in [0, 0.1) is 0 Å². The van der Waals surface area contributed by atoms with Gasteiger partial charge in [-0.15, -0.1) is 5.10 Å². The van der Waals surface area contributed by atoms with E-state index in [9.17, 15) is 0 Å². The Morgan fingerprint density at radius 2 is 2.32 bits per heavy atom. The maximum absolute atomic E-state index is 5.56. The van der Waals surface area contributed by atoms with E-state index in [1.54, 1.807) is 11.6 Å². The minimum atomic E-state index is 0.574. The Hall–Kier alpha value is -1.18. The summed E-state index contributed by atoms with van der Waals surface area (Å²) in [6.07, 6.45) is 1.68. The molecule has 2 aromatic rings. The van der Waals surface area contributed by atoms with Crippen molar-refractivity contribution in [3.8, 4) is 0 Å². The van der Waals surface area contributed by atoms with Gasteiger partial charge in [0.1, 0.15) is 10.4 Å². The molecule has 104 valence electrons. The number of anilines is 1. The lowest BCUT2D eigenvalue weighted by atomic mass is 10.3. The number of aromatic nitrogens is 3. The lowest BCUT2D eigenvalue weighted by Gasteiger charge is -2.05. The Bertz CT molecular complexity index is 542. The van der Waals surface area contributed by atoms with Crippen LogP contribution >= 0.6 is 15.9 Å². The molecule has 0 spiro atoms. The van der Waals surface area contributed by atoms with Gasteiger partial charge in [0.25, 0.3) is 0 Å². The summed E-state index contributed by atoms with van der Waals surface area (Å²) in [5.41, 5.74) is 7.31. The second kappa shape index (κ2) is 6.83. The van der Waals surface area contributed by atoms with Crippen LogP contribution in [0.25, 0.3) is 5.65 Å². The number of fused-ring (bicyclic) bond motifs is 1. The number of ether oxygens (including phenoxy) is 1. The highest BCUT2D eigenvalue weighted by molar-refractivity contribution is 9.10. The molecular weight excluding hydrogens is 310 g/mol. The fourth-order valence-corrected chi connectivity index (χ4v) is 2.32. The van der Waals surface area contributed by atoms with E-state index < -0.39 is 0 Å². The Morgan fingerprint density at radius 1 is 1.47 bits per heavy atom. The summed E-state index contributed by atoms with van der Waals surface area (Å²) in [6, 6.07) is 3.87. The van der Waals surface area contributed by atoms with E-state index in [4.69, 9.17) is 10.5 Å². The normalized spacial score (nSPS) is 11.1. The first-order chi connectivity index (χ1) is 9.26. The monoisotopic (exact) mass is 327 g/mol. The summed E-state index contributed by atoms with van der Waals surface area (Å²) in [6.45, 7) is 2.14. The summed E-state index contributed by atoms with van der Waals surface area (Å²) < 4.78 is 7.65. The third kappa shape index (κ3) is 3.43. The Labute approximate surface area is 120 Å². The summed E-state index contributed by atoms with van der Waals surface area (Å²) in [7, 11) is 1.70. The zero-order valence-corrected chi connectivity index (χ0v) is 12.5. The molecule has 0 unspecified atom stereocenters. The molecule has 6 nitrogen and oxygen atoms in total. The highest BCUT2D eigenvalue weighted by Gasteiger charge is 2.10. The third-order valence-corrected chi connectivity index (χ3v) is 3.49. The molecule has 0 bridgehead atoms. The molecule has 7 heteroatoms. The Kier molecular flexibility index (Phi) is 5.12. The van der Waals surface area contributed by atoms with Gasteiger partial charge >= 0.3 is 0 Å². The zero-order valence-electron chi connectivity index (χ0n) is 10.9. The van der Waals surface area contributed by atoms with Crippen molar-refractivity contribution in [3.63, 3.8) is 0 Å². The van der Waals surface area contributed by atoms with Gasteiger partial charge in [0, 0.05) is 26.7 Å². The van der Waals surface area contributed by atoms with Crippen LogP contribution in [0.2, 0.25) is 0 Å². The van der Waals surface area contributed by atoms with Crippen molar-refractivity contribution in [3.05, 3.63) is 22.4 Å². The molecule has 0 aliphatic carbocycles. The van der Waals surface area contributed by atoms with Crippen molar-refractivity contribution < 1.29 is 4.74 Å². The van der Waals surface area contributed by atoms with Gasteiger partial charge < -0.3 is 15.8 Å². The molecule has 3 N–H and O–H groups in total. The van der Waals surface area contributed by atoms with Gasteiger partial charge in [-0.05, 0) is 41.0 Å². The largest absolute Gasteiger partial charge is 0.385 e. The van der Waals surface area contributed by atoms with Crippen molar-refractivity contribution in [1.29, 1.82) is 0 Å². The van der Waals surface area contributed by atoms with E-state index in [1.807, 2.05) is 12.1 Å². The lowest BCUT2D eigenvalue weighted by molar-refractivity contribution is 0.197. The van der Waals surface area contributed by atoms with Crippen LogP contribution in [-0.4, -0.2) is 41.4 Å². The maximum atomic E-state index is 5.56. The Balaban J connectivity index is 2.13. The molecule has 0 saturated heterocycles. The predicted octanol–water partition coefficient (Wildman–Crippen LogP) is 1.44. The number of methoxy groups -OCH3 is 1. The van der Waals surface area contributed by atoms with Crippen molar-refractivity contribution in [2.45, 2.75) is 12.8 Å². The summed E-state index contributed by atoms with van der Waals surface area (Å²) >= 11 is 3.51. The zero-order chi connectivity index (χ0) is 13.7. The summed E-state index contributed by atoms with van der Waals surface area (Å²) in [5.74, 6) is 0.820. The number of imidazole rings is 1. The van der Waals surface area contributed by atoms with Gasteiger partial charge in [0.2, 0.25) is 0 Å². The number of nitrogens with two attached hydrogens (primary N) is 1. The van der Waals surface area contributed by atoms with Crippen LogP contribution in [0.4, 0.5) is 5.82 Å². The minimum absolute atomic E-state index is 0.574. The second-order valence-corrected chi connectivity index (χ2v) is 4.90. The van der Waals surface area contributed by atoms with Gasteiger partial charge in [-0.2, -0.15) is 0 Å². The van der Waals surface area contributed by atoms with Gasteiger partial charge in [-0.3, -0.25) is 0 Å². The number of hydrogen-bond donors (Lipinski definition) is 2. The van der Waals surface area contributed by atoms with E-state index in [0.717, 1.165) is 47.8 Å². The number of rotatable bonds is 7. The molecule has 0 aliphatic rings. The van der Waals surface area contributed by atoms with E-state index in [-0.39, 0.29) is 0 Å². The SMILES string of the molecule is COCCCNc1ccc2nc(CCN)c(Br)n2n1. The van der Waals surface area contributed by atoms with Crippen LogP contribution in [0.15, 0.2) is 16.7 Å². The van der Waals surface area contributed by atoms with Crippen LogP contribution < -0.4 is 11.1 Å². The first-order valence-electron chi connectivity index (χ1n) is 6.23. The van der Waals surface area contributed by atoms with Gasteiger partial charge in [-0.1, -0.05) is 0 Å². The highest BCUT2D eigenvalue weighted by atomic mass is 79.9. The molecule has 2 aromatic heterocycles. The fraction of sp³-hybridized carbons (Fsp3) is 0.500. The number of nitrogens with zero attached hydrogens (tertiary/aromatic N) is 3. The quantitative estimate of drug-likeness (QED) is 0.752. The molecule has 0 aliphatic heterocycles. The van der Waals surface area contributed by atoms with Crippen molar-refractivity contribution in [2.24, 2.45) is 5.73 Å². The molecule has 19 heavy (non-hydrogen) atoms. The van der Waals surface area contributed by atoms with Crippen molar-refractivity contribution >= 4 is 27.4 Å². The average Bonchev–Trinajstić information content (AvgIpc) is 2.72. The number of hydrogen-bond acceptors (Lipinski definition) is 5. The molecule has 0 aromatic carbocycles. The summed E-state index contributed by atoms with van der Waals surface area (Å²) in [5, 5.41) is 7.74. The van der Waals surface area contributed by atoms with Crippen LogP contribution in [0.1, 0.15) is 12.1 Å². The smallest absolute Gasteiger partial charge is 0.155 e. The fourth-order valence-electron chi connectivity index (χ4n) is 1.78. The predicted molar refractivity (Wildman–Crippen MR) is 78.4 cm³/mol. The molecule has 2 heterocycles. The maximum Gasteiger partial charge on any atom is 0.155 e. The molecule has 0 amide bonds. The van der Waals surface area contributed by atoms with Gasteiger partial charge in [0.05, 0.1) is 5.69 Å². The number of halogens is 1. The second-order valence-electron chi connectivity index (χ2n) is 4.15. The topological polar surface area (TPSA) is 77.5 Å². The average molecular weight is 328 g/mol. The molecule has 0 fully saturated rings. The first-order valence-corrected chi connectivity index (χ1v) is 7.02. The van der Waals surface area contributed by atoms with E-state index in [1.165, 1.54) is 0 Å². The molecular formula is C12H18BrN5O. The van der Waals surface area contributed by atoms with Gasteiger partial charge in [-0.25, -0.2) is 9.50 Å². The highest BCUT2D eigenvalue weighted by Crippen LogP contribution is 2.19. The number of nitrogens with one attached hydrogen (secondary N) is 1. The lowest BCUT2D eigenvalue weighted by Crippen LogP contribution is -2.07. The molecule has 0 radical (unpaired) electrons. The minimum Gasteiger partial charge on any atom is -0.385 e. The van der Waals surface area contributed by atoms with E-state index in [2.05, 4.69) is 31.3 Å². The van der Waals surface area contributed by atoms with Crippen LogP contribution in [0.5, 0.6) is 0 Å². The van der Waals surface area contributed by atoms with E-state index >= 15 is 0 Å². The Morgan fingerprint density at radius 3 is 3.05 bits per heavy atom. The molecule has 0 atom stereocenters. The molecule has 2 rings (SSSR count). The van der Waals surface area contributed by atoms with Crippen LogP contribution in [0.3, 0.4) is 0 Å². The van der Waals surface area contributed by atoms with E-state index in [0.29, 0.717) is 6.54 Å².